The molecule has 0 amide bonds. The van der Waals surface area contributed by atoms with Crippen LogP contribution < -0.4 is 16.2 Å². The van der Waals surface area contributed by atoms with Crippen molar-refractivity contribution < 1.29 is 0 Å². The number of halogens is 1. The fourth-order valence-corrected chi connectivity index (χ4v) is 3.27. The lowest BCUT2D eigenvalue weighted by Gasteiger charge is -2.13. The van der Waals surface area contributed by atoms with Gasteiger partial charge in [-0.2, -0.15) is 0 Å². The van der Waals surface area contributed by atoms with Crippen molar-refractivity contribution in [1.82, 2.24) is 15.2 Å². The lowest BCUT2D eigenvalue weighted by Crippen LogP contribution is -2.38. The monoisotopic (exact) mass is 488 g/mol. The van der Waals surface area contributed by atoms with Crippen molar-refractivity contribution >= 4 is 41.3 Å². The van der Waals surface area contributed by atoms with Gasteiger partial charge >= 0.3 is 0 Å². The van der Waals surface area contributed by atoms with Gasteiger partial charge < -0.3 is 15.2 Å². The second-order valence-corrected chi connectivity index (χ2v) is 6.98. The Morgan fingerprint density at radius 3 is 2.77 bits per heavy atom. The van der Waals surface area contributed by atoms with Crippen LogP contribution in [0.15, 0.2) is 51.7 Å². The zero-order valence-corrected chi connectivity index (χ0v) is 18.6. The predicted octanol–water partition coefficient (Wildman–Crippen LogP) is 3.67. The molecule has 26 heavy (non-hydrogen) atoms. The molecule has 0 bridgehead atoms. The summed E-state index contributed by atoms with van der Waals surface area (Å²) in [4.78, 5) is 17.7. The minimum Gasteiger partial charge on any atom is -0.357 e. The number of aromatic nitrogens is 1. The van der Waals surface area contributed by atoms with Gasteiger partial charge in [-0.15, -0.1) is 35.3 Å². The molecule has 1 unspecified atom stereocenters. The smallest absolute Gasteiger partial charge is 0.250 e. The van der Waals surface area contributed by atoms with Gasteiger partial charge in [0.15, 0.2) is 5.96 Å². The molecule has 0 aliphatic rings. The summed E-state index contributed by atoms with van der Waals surface area (Å²) in [5.41, 5.74) is 0.0629. The Morgan fingerprint density at radius 1 is 1.23 bits per heavy atom. The summed E-state index contributed by atoms with van der Waals surface area (Å²) in [6.07, 6.45) is 3.79. The number of guanidine groups is 1. The predicted molar refractivity (Wildman–Crippen MR) is 122 cm³/mol. The van der Waals surface area contributed by atoms with Gasteiger partial charge in [-0.25, -0.2) is 0 Å². The van der Waals surface area contributed by atoms with E-state index in [9.17, 15) is 4.79 Å². The normalized spacial score (nSPS) is 12.3. The maximum Gasteiger partial charge on any atom is 0.250 e. The minimum atomic E-state index is 0. The average Bonchev–Trinajstić information content (AvgIpc) is 3.15. The number of nitrogens with one attached hydrogen (secondary N) is 2. The van der Waals surface area contributed by atoms with E-state index in [1.807, 2.05) is 12.3 Å². The Balaban J connectivity index is 0.00000338. The Bertz CT molecular complexity index is 700. The van der Waals surface area contributed by atoms with E-state index in [2.05, 4.69) is 47.0 Å². The third-order valence-corrected chi connectivity index (χ3v) is 5.02. The highest BCUT2D eigenvalue weighted by atomic mass is 127. The molecule has 2 aromatic rings. The maximum atomic E-state index is 11.6. The highest BCUT2D eigenvalue weighted by Crippen LogP contribution is 2.20. The second kappa shape index (κ2) is 12.9. The van der Waals surface area contributed by atoms with E-state index < -0.39 is 0 Å². The molecule has 7 heteroatoms. The third-order valence-electron chi connectivity index (χ3n) is 3.91. The average molecular weight is 488 g/mol. The lowest BCUT2D eigenvalue weighted by molar-refractivity contribution is 0.585. The zero-order chi connectivity index (χ0) is 17.9. The molecule has 0 radical (unpaired) electrons. The van der Waals surface area contributed by atoms with E-state index in [1.54, 1.807) is 28.0 Å². The molecule has 2 N–H and O–H groups in total. The van der Waals surface area contributed by atoms with Crippen LogP contribution in [0.25, 0.3) is 0 Å². The number of nitrogens with zero attached hydrogens (tertiary/aromatic N) is 2. The third kappa shape index (κ3) is 7.90. The summed E-state index contributed by atoms with van der Waals surface area (Å²) in [7, 11) is 0. The lowest BCUT2D eigenvalue weighted by atomic mass is 10.1. The second-order valence-electron chi connectivity index (χ2n) is 6.00. The molecule has 0 saturated heterocycles. The Labute approximate surface area is 177 Å². The Kier molecular flexibility index (Phi) is 11.3. The summed E-state index contributed by atoms with van der Waals surface area (Å²) >= 11 is 1.78. The van der Waals surface area contributed by atoms with Gasteiger partial charge in [0.2, 0.25) is 5.56 Å². The van der Waals surface area contributed by atoms with Crippen LogP contribution in [0, 0.1) is 0 Å². The molecule has 0 aliphatic carbocycles. The molecular weight excluding hydrogens is 459 g/mol. The van der Waals surface area contributed by atoms with E-state index in [0.717, 1.165) is 45.0 Å². The minimum absolute atomic E-state index is 0. The molecule has 0 fully saturated rings. The highest BCUT2D eigenvalue weighted by molar-refractivity contribution is 14.0. The van der Waals surface area contributed by atoms with Crippen molar-refractivity contribution in [2.45, 2.75) is 39.2 Å². The first-order chi connectivity index (χ1) is 12.2. The first-order valence-electron chi connectivity index (χ1n) is 8.91. The quantitative estimate of drug-likeness (QED) is 0.245. The van der Waals surface area contributed by atoms with Gasteiger partial charge in [0.05, 0.1) is 6.54 Å². The number of thiophene rings is 1. The Hall–Kier alpha value is -1.35. The largest absolute Gasteiger partial charge is 0.357 e. The van der Waals surface area contributed by atoms with Crippen molar-refractivity contribution in [1.29, 1.82) is 0 Å². The number of aryl methyl sites for hydroxylation is 1. The molecule has 144 valence electrons. The van der Waals surface area contributed by atoms with Gasteiger partial charge in [0, 0.05) is 42.7 Å². The molecule has 0 saturated carbocycles. The van der Waals surface area contributed by atoms with Gasteiger partial charge in [0.25, 0.3) is 0 Å². The highest BCUT2D eigenvalue weighted by Gasteiger charge is 2.06. The van der Waals surface area contributed by atoms with Crippen LogP contribution in [0.4, 0.5) is 0 Å². The topological polar surface area (TPSA) is 58.4 Å². The standard InChI is InChI=1S/C19H28N4OS.HI/c1-3-20-19(22-15-16(2)17-9-8-14-25-17)21-11-5-7-13-23-12-6-4-10-18(23)24;/h4,6,8-10,12,14,16H,3,5,7,11,13,15H2,1-2H3,(H2,20,21,22);1H. The van der Waals surface area contributed by atoms with Gasteiger partial charge in [-0.3, -0.25) is 9.79 Å². The van der Waals surface area contributed by atoms with Crippen molar-refractivity contribution in [3.05, 3.63) is 57.1 Å². The van der Waals surface area contributed by atoms with E-state index in [4.69, 9.17) is 0 Å². The molecule has 1 atom stereocenters. The van der Waals surface area contributed by atoms with E-state index in [0.29, 0.717) is 5.92 Å². The van der Waals surface area contributed by atoms with Crippen LogP contribution in [0.3, 0.4) is 0 Å². The van der Waals surface area contributed by atoms with Crippen molar-refractivity contribution in [3.8, 4) is 0 Å². The van der Waals surface area contributed by atoms with E-state index in [1.165, 1.54) is 4.88 Å². The number of aliphatic imine (C=N–C) groups is 1. The van der Waals surface area contributed by atoms with Crippen molar-refractivity contribution in [2.24, 2.45) is 4.99 Å². The van der Waals surface area contributed by atoms with Crippen LogP contribution in [0.1, 0.15) is 37.5 Å². The molecule has 5 nitrogen and oxygen atoms in total. The first-order valence-corrected chi connectivity index (χ1v) is 9.79. The van der Waals surface area contributed by atoms with E-state index >= 15 is 0 Å². The number of unbranched alkanes of at least 4 members (excludes halogenated alkanes) is 1. The number of pyridine rings is 1. The van der Waals surface area contributed by atoms with Crippen LogP contribution in [-0.2, 0) is 6.54 Å². The summed E-state index contributed by atoms with van der Waals surface area (Å²) in [6, 6.07) is 9.52. The summed E-state index contributed by atoms with van der Waals surface area (Å²) in [6.45, 7) is 7.50. The molecule has 2 aromatic heterocycles. The summed E-state index contributed by atoms with van der Waals surface area (Å²) in [5.74, 6) is 1.29. The first kappa shape index (κ1) is 22.7. The van der Waals surface area contributed by atoms with Crippen LogP contribution >= 0.6 is 35.3 Å². The van der Waals surface area contributed by atoms with Gasteiger partial charge in [-0.05, 0) is 37.3 Å². The maximum absolute atomic E-state index is 11.6. The van der Waals surface area contributed by atoms with Crippen LogP contribution in [0.2, 0.25) is 0 Å². The van der Waals surface area contributed by atoms with Gasteiger partial charge in [0.1, 0.15) is 0 Å². The molecule has 0 spiro atoms. The molecular formula is C19H29IN4OS. The fraction of sp³-hybridized carbons (Fsp3) is 0.474. The van der Waals surface area contributed by atoms with Crippen LogP contribution in [0.5, 0.6) is 0 Å². The van der Waals surface area contributed by atoms with Crippen molar-refractivity contribution in [3.63, 3.8) is 0 Å². The number of hydrogen-bond donors (Lipinski definition) is 2. The summed E-state index contributed by atoms with van der Waals surface area (Å²) in [5, 5.41) is 8.77. The van der Waals surface area contributed by atoms with Crippen LogP contribution in [-0.4, -0.2) is 30.2 Å². The van der Waals surface area contributed by atoms with Crippen molar-refractivity contribution in [2.75, 3.05) is 19.6 Å². The van der Waals surface area contributed by atoms with E-state index in [-0.39, 0.29) is 29.5 Å². The van der Waals surface area contributed by atoms with Gasteiger partial charge in [-0.1, -0.05) is 19.1 Å². The molecule has 2 rings (SSSR count). The zero-order valence-electron chi connectivity index (χ0n) is 15.5. The molecule has 0 aliphatic heterocycles. The molecule has 2 heterocycles. The SMILES string of the molecule is CCNC(=NCC(C)c1cccs1)NCCCCn1ccccc1=O.I. The number of hydrogen-bond acceptors (Lipinski definition) is 3. The number of rotatable bonds is 9. The Morgan fingerprint density at radius 2 is 2.08 bits per heavy atom. The summed E-state index contributed by atoms with van der Waals surface area (Å²) < 4.78 is 1.75. The fourth-order valence-electron chi connectivity index (χ4n) is 2.49. The molecule has 0 aromatic carbocycles.